The first-order valence-electron chi connectivity index (χ1n) is 6.39. The van der Waals surface area contributed by atoms with Crippen molar-refractivity contribution in [2.75, 3.05) is 11.9 Å². The van der Waals surface area contributed by atoms with Crippen LogP contribution in [-0.4, -0.2) is 41.6 Å². The monoisotopic (exact) mass is 308 g/mol. The van der Waals surface area contributed by atoms with Gasteiger partial charge < -0.3 is 5.32 Å². The third kappa shape index (κ3) is 2.77. The van der Waals surface area contributed by atoms with Gasteiger partial charge in [-0.3, -0.25) is 10.1 Å². The molecule has 1 fully saturated rings. The summed E-state index contributed by atoms with van der Waals surface area (Å²) in [4.78, 5) is 18.7. The van der Waals surface area contributed by atoms with E-state index in [1.54, 1.807) is 4.68 Å². The second-order valence-electron chi connectivity index (χ2n) is 4.40. The van der Waals surface area contributed by atoms with Gasteiger partial charge in [0.2, 0.25) is 11.0 Å². The van der Waals surface area contributed by atoms with Crippen molar-refractivity contribution >= 4 is 23.3 Å². The van der Waals surface area contributed by atoms with Crippen LogP contribution in [0, 0.1) is 10.1 Å². The van der Waals surface area contributed by atoms with Gasteiger partial charge in [-0.05, 0) is 42.0 Å². The molecule has 1 aliphatic carbocycles. The van der Waals surface area contributed by atoms with E-state index in [4.69, 9.17) is 0 Å². The number of hydrogen-bond acceptors (Lipinski definition) is 9. The first-order chi connectivity index (χ1) is 10.2. The van der Waals surface area contributed by atoms with Crippen molar-refractivity contribution in [2.24, 2.45) is 0 Å². The number of tetrazole rings is 1. The smallest absolute Gasteiger partial charge is 0.343 e. The molecule has 0 spiro atoms. The molecule has 2 aromatic heterocycles. The van der Waals surface area contributed by atoms with Crippen LogP contribution in [0.3, 0.4) is 0 Å². The van der Waals surface area contributed by atoms with Gasteiger partial charge in [0, 0.05) is 6.54 Å². The van der Waals surface area contributed by atoms with E-state index in [0.717, 1.165) is 24.6 Å². The maximum atomic E-state index is 11.3. The molecule has 1 aliphatic rings. The third-order valence-corrected chi connectivity index (χ3v) is 3.80. The highest BCUT2D eigenvalue weighted by Crippen LogP contribution is 2.40. The van der Waals surface area contributed by atoms with Crippen molar-refractivity contribution in [3.05, 3.63) is 16.4 Å². The van der Waals surface area contributed by atoms with E-state index in [1.165, 1.54) is 6.33 Å². The summed E-state index contributed by atoms with van der Waals surface area (Å²) in [7, 11) is 0. The van der Waals surface area contributed by atoms with Crippen molar-refractivity contribution < 1.29 is 4.92 Å². The maximum absolute atomic E-state index is 11.3. The fraction of sp³-hybridized carbons (Fsp3) is 0.500. The maximum Gasteiger partial charge on any atom is 0.343 e. The zero-order valence-corrected chi connectivity index (χ0v) is 11.9. The number of rotatable bonds is 6. The lowest BCUT2D eigenvalue weighted by molar-refractivity contribution is -0.387. The average Bonchev–Trinajstić information content (AvgIpc) is 3.20. The van der Waals surface area contributed by atoms with Crippen LogP contribution in [0.2, 0.25) is 0 Å². The lowest BCUT2D eigenvalue weighted by atomic mass is 10.5. The molecule has 1 N–H and O–H groups in total. The molecule has 0 amide bonds. The van der Waals surface area contributed by atoms with Crippen LogP contribution in [0.25, 0.3) is 0 Å². The van der Waals surface area contributed by atoms with Crippen molar-refractivity contribution in [1.29, 1.82) is 0 Å². The summed E-state index contributed by atoms with van der Waals surface area (Å²) < 4.78 is 1.68. The second-order valence-corrected chi connectivity index (χ2v) is 5.36. The molecule has 21 heavy (non-hydrogen) atoms. The van der Waals surface area contributed by atoms with E-state index in [9.17, 15) is 10.1 Å². The molecule has 0 radical (unpaired) electrons. The molecule has 10 nitrogen and oxygen atoms in total. The quantitative estimate of drug-likeness (QED) is 0.477. The van der Waals surface area contributed by atoms with Gasteiger partial charge in [-0.25, -0.2) is 14.6 Å². The third-order valence-electron chi connectivity index (χ3n) is 2.86. The van der Waals surface area contributed by atoms with E-state index in [1.807, 2.05) is 6.92 Å². The lowest BCUT2D eigenvalue weighted by Crippen LogP contribution is -2.06. The molecule has 11 heteroatoms. The number of anilines is 1. The van der Waals surface area contributed by atoms with E-state index in [-0.39, 0.29) is 22.6 Å². The second kappa shape index (κ2) is 5.60. The summed E-state index contributed by atoms with van der Waals surface area (Å²) in [5, 5.41) is 26.3. The number of nitrogens with one attached hydrogen (secondary N) is 1. The molecule has 0 aromatic carbocycles. The van der Waals surface area contributed by atoms with E-state index in [2.05, 4.69) is 30.8 Å². The van der Waals surface area contributed by atoms with E-state index >= 15 is 0 Å². The number of aromatic nitrogens is 6. The van der Waals surface area contributed by atoms with Crippen LogP contribution >= 0.6 is 11.8 Å². The Morgan fingerprint density at radius 2 is 2.33 bits per heavy atom. The van der Waals surface area contributed by atoms with Gasteiger partial charge in [-0.2, -0.15) is 0 Å². The summed E-state index contributed by atoms with van der Waals surface area (Å²) in [6.07, 6.45) is 3.33. The molecule has 3 rings (SSSR count). The average molecular weight is 308 g/mol. The highest BCUT2D eigenvalue weighted by molar-refractivity contribution is 7.99. The Morgan fingerprint density at radius 1 is 1.52 bits per heavy atom. The topological polar surface area (TPSA) is 125 Å². The lowest BCUT2D eigenvalue weighted by Gasteiger charge is -2.06. The minimum Gasteiger partial charge on any atom is -0.364 e. The van der Waals surface area contributed by atoms with Gasteiger partial charge in [-0.1, -0.05) is 0 Å². The Bertz CT molecular complexity index is 671. The van der Waals surface area contributed by atoms with Crippen LogP contribution in [0.1, 0.15) is 25.8 Å². The van der Waals surface area contributed by atoms with Gasteiger partial charge in [-0.15, -0.1) is 5.10 Å². The summed E-state index contributed by atoms with van der Waals surface area (Å²) >= 11 is 1.08. The molecular formula is C10H12N8O2S. The minimum absolute atomic E-state index is 0.158. The standard InChI is InChI=1S/C10H12N8O2S/c1-2-11-8-7(18(19)20)9(13-5-12-8)21-10-14-15-16-17(10)6-3-4-6/h5-6H,2-4H2,1H3,(H,11,12,13). The molecule has 0 bridgehead atoms. The van der Waals surface area contributed by atoms with Crippen LogP contribution in [0.4, 0.5) is 11.5 Å². The molecule has 2 aromatic rings. The fourth-order valence-electron chi connectivity index (χ4n) is 1.79. The van der Waals surface area contributed by atoms with Crippen LogP contribution in [0.15, 0.2) is 16.5 Å². The van der Waals surface area contributed by atoms with Gasteiger partial charge in [0.05, 0.1) is 11.0 Å². The Balaban J connectivity index is 1.95. The normalized spacial score (nSPS) is 14.1. The van der Waals surface area contributed by atoms with E-state index < -0.39 is 4.92 Å². The van der Waals surface area contributed by atoms with Crippen molar-refractivity contribution in [3.63, 3.8) is 0 Å². The molecule has 0 atom stereocenters. The van der Waals surface area contributed by atoms with Gasteiger partial charge in [0.15, 0.2) is 5.03 Å². The van der Waals surface area contributed by atoms with Crippen LogP contribution in [0.5, 0.6) is 0 Å². The molecule has 1 saturated carbocycles. The van der Waals surface area contributed by atoms with Crippen molar-refractivity contribution in [2.45, 2.75) is 36.0 Å². The highest BCUT2D eigenvalue weighted by Gasteiger charge is 2.30. The Morgan fingerprint density at radius 3 is 3.00 bits per heavy atom. The Kier molecular flexibility index (Phi) is 3.64. The van der Waals surface area contributed by atoms with Crippen LogP contribution < -0.4 is 5.32 Å². The van der Waals surface area contributed by atoms with Gasteiger partial charge >= 0.3 is 5.69 Å². The van der Waals surface area contributed by atoms with Gasteiger partial charge in [0.25, 0.3) is 0 Å². The highest BCUT2D eigenvalue weighted by atomic mass is 32.2. The summed E-state index contributed by atoms with van der Waals surface area (Å²) in [5.74, 6) is 0.199. The molecule has 0 unspecified atom stereocenters. The number of nitrogens with zero attached hydrogens (tertiary/aromatic N) is 7. The van der Waals surface area contributed by atoms with Crippen molar-refractivity contribution in [3.8, 4) is 0 Å². The molecule has 0 saturated heterocycles. The molecule has 0 aliphatic heterocycles. The first-order valence-corrected chi connectivity index (χ1v) is 7.21. The SMILES string of the molecule is CCNc1ncnc(Sc2nnnn2C2CC2)c1[N+](=O)[O-]. The fourth-order valence-corrected chi connectivity index (χ4v) is 2.68. The Hall–Kier alpha value is -2.30. The minimum atomic E-state index is -0.494. The molecule has 2 heterocycles. The zero-order valence-electron chi connectivity index (χ0n) is 11.1. The summed E-state index contributed by atoms with van der Waals surface area (Å²) in [6, 6.07) is 0.289. The van der Waals surface area contributed by atoms with Crippen molar-refractivity contribution in [1.82, 2.24) is 30.2 Å². The zero-order chi connectivity index (χ0) is 14.8. The largest absolute Gasteiger partial charge is 0.364 e. The molecule has 110 valence electrons. The number of nitro groups is 1. The van der Waals surface area contributed by atoms with Crippen LogP contribution in [-0.2, 0) is 0 Å². The Labute approximate surface area is 123 Å². The summed E-state index contributed by atoms with van der Waals surface area (Å²) in [6.45, 7) is 2.37. The number of hydrogen-bond donors (Lipinski definition) is 1. The first kappa shape index (κ1) is 13.7. The predicted octanol–water partition coefficient (Wildman–Crippen LogP) is 1.29. The predicted molar refractivity (Wildman–Crippen MR) is 73.1 cm³/mol. The van der Waals surface area contributed by atoms with Gasteiger partial charge in [0.1, 0.15) is 6.33 Å². The summed E-state index contributed by atoms with van der Waals surface area (Å²) in [5.41, 5.74) is -0.158. The van der Waals surface area contributed by atoms with E-state index in [0.29, 0.717) is 11.7 Å². The molecular weight excluding hydrogens is 296 g/mol.